The van der Waals surface area contributed by atoms with E-state index in [4.69, 9.17) is 0 Å². The predicted molar refractivity (Wildman–Crippen MR) is 58.2 cm³/mol. The molecule has 14 heavy (non-hydrogen) atoms. The highest BCUT2D eigenvalue weighted by atomic mass is 16.2. The van der Waals surface area contributed by atoms with Gasteiger partial charge >= 0.3 is 0 Å². The largest absolute Gasteiger partial charge is 0.291 e. The Balaban J connectivity index is 3.54. The van der Waals surface area contributed by atoms with Crippen LogP contribution in [0.5, 0.6) is 0 Å². The van der Waals surface area contributed by atoms with Crippen LogP contribution in [-0.2, 0) is 9.59 Å². The molecule has 2 heteroatoms. The second kappa shape index (κ2) is 7.48. The molecule has 0 saturated carbocycles. The monoisotopic (exact) mass is 196 g/mol. The van der Waals surface area contributed by atoms with Crippen LogP contribution in [-0.4, -0.2) is 11.6 Å². The maximum Gasteiger partial charge on any atom is 0.223 e. The molecule has 80 valence electrons. The van der Waals surface area contributed by atoms with E-state index in [1.165, 1.54) is 12.8 Å². The van der Waals surface area contributed by atoms with Crippen molar-refractivity contribution in [3.63, 3.8) is 0 Å². The molecule has 0 spiro atoms. The van der Waals surface area contributed by atoms with Crippen LogP contribution >= 0.6 is 0 Å². The molecule has 0 radical (unpaired) electrons. The van der Waals surface area contributed by atoms with Crippen LogP contribution in [0.3, 0.4) is 0 Å². The molecule has 0 fully saturated rings. The lowest BCUT2D eigenvalue weighted by Crippen LogP contribution is -2.13. The molecule has 0 aromatic rings. The maximum absolute atomic E-state index is 11.2. The van der Waals surface area contributed by atoms with Gasteiger partial charge in [0.15, 0.2) is 0 Å². The summed E-state index contributed by atoms with van der Waals surface area (Å²) >= 11 is 0. The zero-order valence-electron chi connectivity index (χ0n) is 9.27. The summed E-state index contributed by atoms with van der Waals surface area (Å²) < 4.78 is 0. The Morgan fingerprint density at radius 3 is 2.14 bits per heavy atom. The van der Waals surface area contributed by atoms with Gasteiger partial charge in [0, 0.05) is 6.42 Å². The lowest BCUT2D eigenvalue weighted by molar-refractivity contribution is -0.134. The Kier molecular flexibility index (Phi) is 6.99. The molecule has 0 aromatic carbocycles. The van der Waals surface area contributed by atoms with E-state index in [2.05, 4.69) is 13.5 Å². The third-order valence-corrected chi connectivity index (χ3v) is 2.15. The van der Waals surface area contributed by atoms with E-state index in [1.807, 2.05) is 0 Å². The van der Waals surface area contributed by atoms with Gasteiger partial charge in [-0.3, -0.25) is 9.59 Å². The van der Waals surface area contributed by atoms with Gasteiger partial charge in [-0.1, -0.05) is 39.2 Å². The molecular formula is C12H20O2. The topological polar surface area (TPSA) is 34.1 Å². The number of rotatable bonds is 8. The van der Waals surface area contributed by atoms with Crippen LogP contribution in [0.4, 0.5) is 0 Å². The quantitative estimate of drug-likeness (QED) is 0.339. The van der Waals surface area contributed by atoms with Crippen molar-refractivity contribution in [1.82, 2.24) is 0 Å². The third kappa shape index (κ3) is 5.68. The van der Waals surface area contributed by atoms with Crippen molar-refractivity contribution in [2.24, 2.45) is 0 Å². The molecule has 0 atom stereocenters. The van der Waals surface area contributed by atoms with Crippen molar-refractivity contribution in [1.29, 1.82) is 0 Å². The van der Waals surface area contributed by atoms with Gasteiger partial charge in [0.25, 0.3) is 0 Å². The number of Topliss-reactive ketones (excluding diaryl/α,β-unsaturated/α-hetero) is 2. The van der Waals surface area contributed by atoms with E-state index >= 15 is 0 Å². The summed E-state index contributed by atoms with van der Waals surface area (Å²) in [5, 5.41) is 0. The van der Waals surface area contributed by atoms with Gasteiger partial charge in [0.1, 0.15) is 0 Å². The van der Waals surface area contributed by atoms with Crippen molar-refractivity contribution in [2.45, 2.75) is 52.4 Å². The summed E-state index contributed by atoms with van der Waals surface area (Å²) in [4.78, 5) is 22.3. The second-order valence-electron chi connectivity index (χ2n) is 3.70. The number of carbonyl (C=O) groups is 2. The molecule has 0 aromatic heterocycles. The lowest BCUT2D eigenvalue weighted by atomic mass is 10.0. The Morgan fingerprint density at radius 2 is 1.64 bits per heavy atom. The highest BCUT2D eigenvalue weighted by molar-refractivity contribution is 6.43. The molecule has 0 heterocycles. The van der Waals surface area contributed by atoms with E-state index in [-0.39, 0.29) is 5.78 Å². The van der Waals surface area contributed by atoms with Crippen LogP contribution in [0.25, 0.3) is 0 Å². The van der Waals surface area contributed by atoms with E-state index in [1.54, 1.807) is 6.92 Å². The van der Waals surface area contributed by atoms with Crippen LogP contribution in [0.1, 0.15) is 52.4 Å². The van der Waals surface area contributed by atoms with Gasteiger partial charge in [-0.05, 0) is 18.9 Å². The summed E-state index contributed by atoms with van der Waals surface area (Å²) in [6, 6.07) is 0. The Labute approximate surface area is 86.4 Å². The molecule has 0 N–H and O–H groups in total. The molecule has 0 aliphatic heterocycles. The van der Waals surface area contributed by atoms with Gasteiger partial charge < -0.3 is 0 Å². The third-order valence-electron chi connectivity index (χ3n) is 2.15. The van der Waals surface area contributed by atoms with Gasteiger partial charge in [-0.25, -0.2) is 0 Å². The van der Waals surface area contributed by atoms with Crippen molar-refractivity contribution in [2.75, 3.05) is 0 Å². The second-order valence-corrected chi connectivity index (χ2v) is 3.70. The number of hydrogen-bond donors (Lipinski definition) is 0. The zero-order valence-corrected chi connectivity index (χ0v) is 9.27. The van der Waals surface area contributed by atoms with Crippen molar-refractivity contribution in [3.05, 3.63) is 12.2 Å². The van der Waals surface area contributed by atoms with Crippen LogP contribution in [0, 0.1) is 0 Å². The highest BCUT2D eigenvalue weighted by Gasteiger charge is 2.12. The van der Waals surface area contributed by atoms with E-state index in [0.717, 1.165) is 19.3 Å². The molecule has 0 aliphatic rings. The number of ketones is 2. The van der Waals surface area contributed by atoms with E-state index in [0.29, 0.717) is 12.0 Å². The minimum absolute atomic E-state index is 0.283. The predicted octanol–water partition coefficient (Wildman–Crippen LogP) is 3.06. The molecular weight excluding hydrogens is 176 g/mol. The van der Waals surface area contributed by atoms with E-state index < -0.39 is 5.78 Å². The number of carbonyl (C=O) groups excluding carboxylic acids is 2. The lowest BCUT2D eigenvalue weighted by Gasteiger charge is -1.99. The normalized spacial score (nSPS) is 9.86. The summed E-state index contributed by atoms with van der Waals surface area (Å²) in [6.07, 6.45) is 5.82. The summed E-state index contributed by atoms with van der Waals surface area (Å²) in [5.74, 6) is -0.686. The number of unbranched alkanes of at least 4 members (excludes halogenated alkanes) is 4. The first-order valence-electron chi connectivity index (χ1n) is 5.32. The minimum atomic E-state index is -0.402. The van der Waals surface area contributed by atoms with Crippen LogP contribution < -0.4 is 0 Å². The average molecular weight is 196 g/mol. The first kappa shape index (κ1) is 13.1. The van der Waals surface area contributed by atoms with Crippen molar-refractivity contribution in [3.8, 4) is 0 Å². The first-order chi connectivity index (χ1) is 6.59. The van der Waals surface area contributed by atoms with Gasteiger partial charge in [-0.15, -0.1) is 0 Å². The number of allylic oxidation sites excluding steroid dienone is 1. The smallest absolute Gasteiger partial charge is 0.223 e. The van der Waals surface area contributed by atoms with Gasteiger partial charge in [0.05, 0.1) is 0 Å². The Morgan fingerprint density at radius 1 is 1.07 bits per heavy atom. The summed E-state index contributed by atoms with van der Waals surface area (Å²) in [7, 11) is 0. The van der Waals surface area contributed by atoms with E-state index in [9.17, 15) is 9.59 Å². The molecule has 0 bridgehead atoms. The molecule has 0 saturated heterocycles. The number of hydrogen-bond acceptors (Lipinski definition) is 2. The zero-order chi connectivity index (χ0) is 11.0. The average Bonchev–Trinajstić information content (AvgIpc) is 2.16. The Hall–Kier alpha value is -0.920. The fourth-order valence-electron chi connectivity index (χ4n) is 1.24. The Bertz CT molecular complexity index is 216. The van der Waals surface area contributed by atoms with Crippen LogP contribution in [0.2, 0.25) is 0 Å². The van der Waals surface area contributed by atoms with Crippen LogP contribution in [0.15, 0.2) is 12.2 Å². The van der Waals surface area contributed by atoms with Crippen molar-refractivity contribution >= 4 is 11.6 Å². The minimum Gasteiger partial charge on any atom is -0.291 e. The molecule has 2 nitrogen and oxygen atoms in total. The SMILES string of the molecule is C=C(C)C(=O)C(=O)CCCCCCC. The molecule has 0 rings (SSSR count). The van der Waals surface area contributed by atoms with Gasteiger partial charge in [0.2, 0.25) is 11.6 Å². The molecule has 0 aliphatic carbocycles. The van der Waals surface area contributed by atoms with Crippen molar-refractivity contribution < 1.29 is 9.59 Å². The first-order valence-corrected chi connectivity index (χ1v) is 5.32. The fraction of sp³-hybridized carbons (Fsp3) is 0.667. The maximum atomic E-state index is 11.2. The molecule has 0 amide bonds. The standard InChI is InChI=1S/C12H20O2/c1-4-5-6-7-8-9-11(13)12(14)10(2)3/h2,4-9H2,1,3H3. The fourth-order valence-corrected chi connectivity index (χ4v) is 1.24. The van der Waals surface area contributed by atoms with Gasteiger partial charge in [-0.2, -0.15) is 0 Å². The summed E-state index contributed by atoms with van der Waals surface area (Å²) in [5.41, 5.74) is 0.351. The highest BCUT2D eigenvalue weighted by Crippen LogP contribution is 2.06. The summed E-state index contributed by atoms with van der Waals surface area (Å²) in [6.45, 7) is 7.19. The molecule has 0 unspecified atom stereocenters.